The minimum absolute atomic E-state index is 0.0215. The van der Waals surface area contributed by atoms with Crippen LogP contribution in [0.1, 0.15) is 23.5 Å². The van der Waals surface area contributed by atoms with Gasteiger partial charge in [-0.25, -0.2) is 0 Å². The first-order chi connectivity index (χ1) is 12.6. The van der Waals surface area contributed by atoms with Crippen LogP contribution >= 0.6 is 11.6 Å². The lowest BCUT2D eigenvalue weighted by Crippen LogP contribution is -2.47. The number of carbonyl (C=O) groups is 1. The number of carbonyl (C=O) groups excluding carboxylic acids is 1. The van der Waals surface area contributed by atoms with Crippen molar-refractivity contribution in [2.45, 2.75) is 12.3 Å². The van der Waals surface area contributed by atoms with Crippen LogP contribution in [-0.4, -0.2) is 56.0 Å². The first kappa shape index (κ1) is 18.7. The van der Waals surface area contributed by atoms with E-state index in [4.69, 9.17) is 16.3 Å². The zero-order valence-corrected chi connectivity index (χ0v) is 16.1. The number of ether oxygens (including phenoxy) is 1. The molecule has 3 rings (SSSR count). The molecular formula is C21H25ClN2O2. The zero-order chi connectivity index (χ0) is 18.5. The number of halogens is 1. The smallest absolute Gasteiger partial charge is 0.223 e. The molecule has 1 amide bonds. The molecule has 5 heteroatoms. The third-order valence-corrected chi connectivity index (χ3v) is 5.31. The Morgan fingerprint density at radius 2 is 1.77 bits per heavy atom. The minimum atomic E-state index is -0.0215. The molecule has 2 aromatic rings. The Bertz CT molecular complexity index is 743. The van der Waals surface area contributed by atoms with Crippen molar-refractivity contribution in [1.82, 2.24) is 9.80 Å². The highest BCUT2D eigenvalue weighted by Gasteiger charge is 2.24. The molecule has 138 valence electrons. The van der Waals surface area contributed by atoms with Crippen molar-refractivity contribution in [3.05, 3.63) is 64.7 Å². The largest absolute Gasteiger partial charge is 0.495 e. The lowest BCUT2D eigenvalue weighted by Gasteiger charge is -2.33. The van der Waals surface area contributed by atoms with E-state index in [0.717, 1.165) is 37.3 Å². The molecule has 4 nitrogen and oxygen atoms in total. The van der Waals surface area contributed by atoms with Gasteiger partial charge in [0, 0.05) is 38.5 Å². The number of piperazine rings is 1. The summed E-state index contributed by atoms with van der Waals surface area (Å²) in [7, 11) is 3.69. The molecule has 0 radical (unpaired) electrons. The summed E-state index contributed by atoms with van der Waals surface area (Å²) >= 11 is 6.34. The second-order valence-electron chi connectivity index (χ2n) is 6.75. The highest BCUT2D eigenvalue weighted by Crippen LogP contribution is 2.34. The number of hydrogen-bond acceptors (Lipinski definition) is 3. The van der Waals surface area contributed by atoms with Crippen molar-refractivity contribution >= 4 is 17.5 Å². The van der Waals surface area contributed by atoms with Crippen LogP contribution in [0.15, 0.2) is 48.5 Å². The predicted molar refractivity (Wildman–Crippen MR) is 105 cm³/mol. The molecule has 1 aliphatic rings. The fourth-order valence-corrected chi connectivity index (χ4v) is 3.64. The Kier molecular flexibility index (Phi) is 6.17. The standard InChI is InChI=1S/C21H25ClN2O2/c1-23-10-12-24(13-11-23)21(25)15-18(16-6-4-3-5-7-16)17-8-9-20(26-2)19(22)14-17/h3-9,14,18H,10-13,15H2,1-2H3. The van der Waals surface area contributed by atoms with Gasteiger partial charge in [-0.1, -0.05) is 48.0 Å². The second kappa shape index (κ2) is 8.56. The van der Waals surface area contributed by atoms with Gasteiger partial charge >= 0.3 is 0 Å². The van der Waals surface area contributed by atoms with Crippen LogP contribution in [0.5, 0.6) is 5.75 Å². The number of rotatable bonds is 5. The van der Waals surface area contributed by atoms with Gasteiger partial charge in [0.25, 0.3) is 0 Å². The van der Waals surface area contributed by atoms with Crippen LogP contribution in [0.4, 0.5) is 0 Å². The van der Waals surface area contributed by atoms with Gasteiger partial charge in [-0.2, -0.15) is 0 Å². The van der Waals surface area contributed by atoms with Gasteiger partial charge in [-0.05, 0) is 30.3 Å². The maximum Gasteiger partial charge on any atom is 0.223 e. The molecule has 1 unspecified atom stereocenters. The fourth-order valence-electron chi connectivity index (χ4n) is 3.37. The number of hydrogen-bond donors (Lipinski definition) is 0. The Hall–Kier alpha value is -2.04. The highest BCUT2D eigenvalue weighted by molar-refractivity contribution is 6.32. The number of likely N-dealkylation sites (N-methyl/N-ethyl adjacent to an activating group) is 1. The number of amides is 1. The lowest BCUT2D eigenvalue weighted by molar-refractivity contribution is -0.133. The van der Waals surface area contributed by atoms with Gasteiger partial charge in [-0.15, -0.1) is 0 Å². The summed E-state index contributed by atoms with van der Waals surface area (Å²) in [5.41, 5.74) is 2.15. The number of methoxy groups -OCH3 is 1. The first-order valence-corrected chi connectivity index (χ1v) is 9.31. The van der Waals surface area contributed by atoms with Crippen molar-refractivity contribution in [2.75, 3.05) is 40.3 Å². The zero-order valence-electron chi connectivity index (χ0n) is 15.3. The third kappa shape index (κ3) is 4.37. The molecule has 1 atom stereocenters. The molecule has 1 fully saturated rings. The SMILES string of the molecule is COc1ccc(C(CC(=O)N2CCN(C)CC2)c2ccccc2)cc1Cl. The van der Waals surface area contributed by atoms with E-state index in [-0.39, 0.29) is 11.8 Å². The van der Waals surface area contributed by atoms with E-state index in [2.05, 4.69) is 24.1 Å². The first-order valence-electron chi connectivity index (χ1n) is 8.93. The van der Waals surface area contributed by atoms with E-state index in [9.17, 15) is 4.79 Å². The summed E-state index contributed by atoms with van der Waals surface area (Å²) in [6.07, 6.45) is 0.441. The Labute approximate surface area is 160 Å². The summed E-state index contributed by atoms with van der Waals surface area (Å²) in [5.74, 6) is 0.818. The summed E-state index contributed by atoms with van der Waals surface area (Å²) in [5, 5.41) is 0.568. The van der Waals surface area contributed by atoms with Crippen LogP contribution < -0.4 is 4.74 Å². The van der Waals surface area contributed by atoms with Gasteiger partial charge in [0.1, 0.15) is 5.75 Å². The molecule has 2 aromatic carbocycles. The van der Waals surface area contributed by atoms with Crippen LogP contribution in [0.25, 0.3) is 0 Å². The van der Waals surface area contributed by atoms with Crippen molar-refractivity contribution in [1.29, 1.82) is 0 Å². The van der Waals surface area contributed by atoms with Gasteiger partial charge in [0.15, 0.2) is 0 Å². The van der Waals surface area contributed by atoms with Gasteiger partial charge in [0.2, 0.25) is 5.91 Å². The van der Waals surface area contributed by atoms with Gasteiger partial charge in [0.05, 0.1) is 12.1 Å². The monoisotopic (exact) mass is 372 g/mol. The molecule has 0 N–H and O–H groups in total. The second-order valence-corrected chi connectivity index (χ2v) is 7.15. The molecule has 1 heterocycles. The molecule has 0 spiro atoms. The van der Waals surface area contributed by atoms with E-state index < -0.39 is 0 Å². The average Bonchev–Trinajstić information content (AvgIpc) is 2.67. The predicted octanol–water partition coefficient (Wildman–Crippen LogP) is 3.64. The molecule has 1 aliphatic heterocycles. The molecule has 0 aromatic heterocycles. The van der Waals surface area contributed by atoms with E-state index in [0.29, 0.717) is 17.2 Å². The van der Waals surface area contributed by atoms with Gasteiger partial charge in [-0.3, -0.25) is 4.79 Å². The summed E-state index contributed by atoms with van der Waals surface area (Å²) in [6.45, 7) is 3.44. The Balaban J connectivity index is 1.84. The molecule has 0 aliphatic carbocycles. The number of nitrogens with zero attached hydrogens (tertiary/aromatic N) is 2. The fraction of sp³-hybridized carbons (Fsp3) is 0.381. The topological polar surface area (TPSA) is 32.8 Å². The average molecular weight is 373 g/mol. The molecule has 0 bridgehead atoms. The van der Waals surface area contributed by atoms with E-state index in [1.54, 1.807) is 7.11 Å². The van der Waals surface area contributed by atoms with Crippen LogP contribution in [0.2, 0.25) is 5.02 Å². The van der Waals surface area contributed by atoms with Crippen LogP contribution in [0, 0.1) is 0 Å². The van der Waals surface area contributed by atoms with E-state index in [1.165, 1.54) is 0 Å². The Morgan fingerprint density at radius 3 is 2.38 bits per heavy atom. The molecular weight excluding hydrogens is 348 g/mol. The maximum absolute atomic E-state index is 12.9. The third-order valence-electron chi connectivity index (χ3n) is 5.01. The lowest BCUT2D eigenvalue weighted by atomic mass is 9.88. The molecule has 26 heavy (non-hydrogen) atoms. The summed E-state index contributed by atoms with van der Waals surface area (Å²) in [4.78, 5) is 17.1. The van der Waals surface area contributed by atoms with E-state index in [1.807, 2.05) is 41.3 Å². The van der Waals surface area contributed by atoms with Crippen molar-refractivity contribution < 1.29 is 9.53 Å². The molecule has 1 saturated heterocycles. The minimum Gasteiger partial charge on any atom is -0.495 e. The van der Waals surface area contributed by atoms with E-state index >= 15 is 0 Å². The summed E-state index contributed by atoms with van der Waals surface area (Å²) in [6, 6.07) is 15.9. The van der Waals surface area contributed by atoms with Crippen molar-refractivity contribution in [3.8, 4) is 5.75 Å². The van der Waals surface area contributed by atoms with Crippen LogP contribution in [-0.2, 0) is 4.79 Å². The maximum atomic E-state index is 12.9. The van der Waals surface area contributed by atoms with Crippen molar-refractivity contribution in [3.63, 3.8) is 0 Å². The van der Waals surface area contributed by atoms with Gasteiger partial charge < -0.3 is 14.5 Å². The van der Waals surface area contributed by atoms with Crippen molar-refractivity contribution in [2.24, 2.45) is 0 Å². The number of benzene rings is 2. The quantitative estimate of drug-likeness (QED) is 0.803. The Morgan fingerprint density at radius 1 is 1.08 bits per heavy atom. The summed E-state index contributed by atoms with van der Waals surface area (Å²) < 4.78 is 5.26. The normalized spacial score (nSPS) is 16.3. The highest BCUT2D eigenvalue weighted by atomic mass is 35.5. The van der Waals surface area contributed by atoms with Crippen LogP contribution in [0.3, 0.4) is 0 Å². The molecule has 0 saturated carbocycles.